The molecule has 0 N–H and O–H groups in total. The number of hydrogen-bond donors (Lipinski definition) is 0. The van der Waals surface area contributed by atoms with Crippen LogP contribution in [-0.4, -0.2) is 41.3 Å². The Morgan fingerprint density at radius 3 is 2.23 bits per heavy atom. The van der Waals surface area contributed by atoms with Gasteiger partial charge in [-0.15, -0.1) is 0 Å². The number of para-hydroxylation sites is 1. The monoisotopic (exact) mass is 351 g/mol. The molecule has 5 nitrogen and oxygen atoms in total. The zero-order valence-corrected chi connectivity index (χ0v) is 15.2. The second-order valence-electron chi connectivity index (χ2n) is 6.50. The summed E-state index contributed by atoms with van der Waals surface area (Å²) in [6.07, 6.45) is 4.39. The first-order chi connectivity index (χ1) is 12.7. The fraction of sp³-hybridized carbons (Fsp3) is 0.381. The van der Waals surface area contributed by atoms with Crippen LogP contribution in [0.2, 0.25) is 0 Å². The highest BCUT2D eigenvalue weighted by Crippen LogP contribution is 2.17. The molecule has 0 spiro atoms. The molecule has 1 fully saturated rings. The lowest BCUT2D eigenvalue weighted by Crippen LogP contribution is -2.34. The van der Waals surface area contributed by atoms with Crippen LogP contribution < -0.4 is 4.90 Å². The number of carbonyl (C=O) groups is 2. The summed E-state index contributed by atoms with van der Waals surface area (Å²) in [4.78, 5) is 33.6. The minimum atomic E-state index is -0.191. The molecule has 0 bridgehead atoms. The molecule has 0 saturated carbocycles. The van der Waals surface area contributed by atoms with Gasteiger partial charge in [-0.1, -0.05) is 37.1 Å². The Hall–Kier alpha value is -2.69. The number of rotatable bonds is 4. The Kier molecular flexibility index (Phi) is 6.00. The van der Waals surface area contributed by atoms with E-state index in [9.17, 15) is 9.59 Å². The first kappa shape index (κ1) is 18.1. The van der Waals surface area contributed by atoms with Crippen LogP contribution >= 0.6 is 0 Å². The van der Waals surface area contributed by atoms with E-state index >= 15 is 0 Å². The number of likely N-dealkylation sites (tertiary alicyclic amines) is 1. The number of hydrogen-bond acceptors (Lipinski definition) is 3. The molecule has 1 aliphatic heterocycles. The minimum absolute atomic E-state index is 0.0793. The van der Waals surface area contributed by atoms with Gasteiger partial charge in [-0.2, -0.15) is 0 Å². The zero-order chi connectivity index (χ0) is 18.4. The van der Waals surface area contributed by atoms with E-state index in [4.69, 9.17) is 0 Å². The van der Waals surface area contributed by atoms with E-state index in [1.165, 1.54) is 0 Å². The van der Waals surface area contributed by atoms with Gasteiger partial charge in [0.05, 0.1) is 0 Å². The van der Waals surface area contributed by atoms with Gasteiger partial charge >= 0.3 is 0 Å². The van der Waals surface area contributed by atoms with Crippen LogP contribution in [0.4, 0.5) is 5.69 Å². The fourth-order valence-corrected chi connectivity index (χ4v) is 3.30. The third-order valence-electron chi connectivity index (χ3n) is 4.71. The molecule has 5 heteroatoms. The molecule has 0 atom stereocenters. The van der Waals surface area contributed by atoms with Gasteiger partial charge in [0.2, 0.25) is 0 Å². The SMILES string of the molecule is CCN(C(=O)c1cccc(C(=O)N2CCCCCC2)n1)c1ccccc1. The van der Waals surface area contributed by atoms with Gasteiger partial charge in [0.15, 0.2) is 0 Å². The summed E-state index contributed by atoms with van der Waals surface area (Å²) in [5.74, 6) is -0.270. The van der Waals surface area contributed by atoms with Crippen LogP contribution in [0.5, 0.6) is 0 Å². The van der Waals surface area contributed by atoms with Crippen molar-refractivity contribution < 1.29 is 9.59 Å². The number of carbonyl (C=O) groups excluding carboxylic acids is 2. The largest absolute Gasteiger partial charge is 0.337 e. The van der Waals surface area contributed by atoms with Gasteiger partial charge in [-0.05, 0) is 44.0 Å². The van der Waals surface area contributed by atoms with Gasteiger partial charge in [0.25, 0.3) is 11.8 Å². The standard InChI is InChI=1S/C21H25N3O2/c1-2-24(17-11-6-5-7-12-17)21(26)19-14-10-13-18(22-19)20(25)23-15-8-3-4-9-16-23/h5-7,10-14H,2-4,8-9,15-16H2,1H3. The molecular formula is C21H25N3O2. The summed E-state index contributed by atoms with van der Waals surface area (Å²) in [6, 6.07) is 14.6. The predicted molar refractivity (Wildman–Crippen MR) is 102 cm³/mol. The lowest BCUT2D eigenvalue weighted by atomic mass is 10.2. The van der Waals surface area contributed by atoms with Gasteiger partial charge in [0.1, 0.15) is 11.4 Å². The predicted octanol–water partition coefficient (Wildman–Crippen LogP) is 3.76. The molecule has 2 amide bonds. The van der Waals surface area contributed by atoms with Crippen LogP contribution in [0.25, 0.3) is 0 Å². The van der Waals surface area contributed by atoms with Crippen molar-refractivity contribution >= 4 is 17.5 Å². The zero-order valence-electron chi connectivity index (χ0n) is 15.2. The first-order valence-electron chi connectivity index (χ1n) is 9.34. The van der Waals surface area contributed by atoms with Crippen molar-refractivity contribution in [3.05, 3.63) is 59.9 Å². The van der Waals surface area contributed by atoms with Crippen LogP contribution in [0.3, 0.4) is 0 Å². The smallest absolute Gasteiger partial charge is 0.276 e. The number of nitrogens with zero attached hydrogens (tertiary/aromatic N) is 3. The topological polar surface area (TPSA) is 53.5 Å². The maximum atomic E-state index is 12.9. The molecule has 0 aliphatic carbocycles. The van der Waals surface area contributed by atoms with E-state index in [2.05, 4.69) is 4.98 Å². The maximum Gasteiger partial charge on any atom is 0.276 e. The van der Waals surface area contributed by atoms with Crippen molar-refractivity contribution in [2.24, 2.45) is 0 Å². The molecule has 0 radical (unpaired) electrons. The van der Waals surface area contributed by atoms with E-state index in [-0.39, 0.29) is 11.8 Å². The average Bonchev–Trinajstić information content (AvgIpc) is 2.98. The van der Waals surface area contributed by atoms with Crippen LogP contribution in [-0.2, 0) is 0 Å². The molecule has 1 aromatic carbocycles. The van der Waals surface area contributed by atoms with Gasteiger partial charge in [-0.3, -0.25) is 9.59 Å². The first-order valence-corrected chi connectivity index (χ1v) is 9.34. The summed E-state index contributed by atoms with van der Waals surface area (Å²) < 4.78 is 0. The number of amides is 2. The molecule has 3 rings (SSSR count). The summed E-state index contributed by atoms with van der Waals surface area (Å²) in [5.41, 5.74) is 1.48. The minimum Gasteiger partial charge on any atom is -0.337 e. The molecule has 26 heavy (non-hydrogen) atoms. The Balaban J connectivity index is 1.81. The fourth-order valence-electron chi connectivity index (χ4n) is 3.30. The normalized spacial score (nSPS) is 14.6. The van der Waals surface area contributed by atoms with E-state index in [1.54, 1.807) is 23.1 Å². The lowest BCUT2D eigenvalue weighted by Gasteiger charge is -2.22. The maximum absolute atomic E-state index is 12.9. The lowest BCUT2D eigenvalue weighted by molar-refractivity contribution is 0.0755. The van der Waals surface area contributed by atoms with Gasteiger partial charge in [-0.25, -0.2) is 4.98 Å². The number of aromatic nitrogens is 1. The number of benzene rings is 1. The third-order valence-corrected chi connectivity index (χ3v) is 4.71. The summed E-state index contributed by atoms with van der Waals surface area (Å²) >= 11 is 0. The molecule has 2 aromatic rings. The number of anilines is 1. The molecule has 1 aromatic heterocycles. The van der Waals surface area contributed by atoms with Crippen LogP contribution in [0.1, 0.15) is 53.6 Å². The highest BCUT2D eigenvalue weighted by Gasteiger charge is 2.22. The Morgan fingerprint density at radius 1 is 0.923 bits per heavy atom. The Labute approximate surface area is 154 Å². The molecule has 1 saturated heterocycles. The van der Waals surface area contributed by atoms with E-state index in [1.807, 2.05) is 42.2 Å². The summed E-state index contributed by atoms with van der Waals surface area (Å²) in [7, 11) is 0. The highest BCUT2D eigenvalue weighted by molar-refractivity contribution is 6.05. The van der Waals surface area contributed by atoms with Gasteiger partial charge < -0.3 is 9.80 Å². The van der Waals surface area contributed by atoms with E-state index < -0.39 is 0 Å². The van der Waals surface area contributed by atoms with Crippen molar-refractivity contribution in [2.75, 3.05) is 24.5 Å². The molecule has 1 aliphatic rings. The Morgan fingerprint density at radius 2 is 1.58 bits per heavy atom. The van der Waals surface area contributed by atoms with Crippen LogP contribution in [0.15, 0.2) is 48.5 Å². The Bertz CT molecular complexity index is 753. The molecule has 2 heterocycles. The second kappa shape index (κ2) is 8.61. The van der Waals surface area contributed by atoms with Gasteiger partial charge in [0, 0.05) is 25.3 Å². The molecule has 0 unspecified atom stereocenters. The van der Waals surface area contributed by atoms with E-state index in [0.717, 1.165) is 44.5 Å². The van der Waals surface area contributed by atoms with Crippen molar-refractivity contribution in [1.82, 2.24) is 9.88 Å². The van der Waals surface area contributed by atoms with Crippen LogP contribution in [0, 0.1) is 0 Å². The van der Waals surface area contributed by atoms with Crippen molar-refractivity contribution in [3.8, 4) is 0 Å². The summed E-state index contributed by atoms with van der Waals surface area (Å²) in [5, 5.41) is 0. The second-order valence-corrected chi connectivity index (χ2v) is 6.50. The van der Waals surface area contributed by atoms with Crippen molar-refractivity contribution in [3.63, 3.8) is 0 Å². The molecular weight excluding hydrogens is 326 g/mol. The van der Waals surface area contributed by atoms with Crippen molar-refractivity contribution in [1.29, 1.82) is 0 Å². The average molecular weight is 351 g/mol. The summed E-state index contributed by atoms with van der Waals surface area (Å²) in [6.45, 7) is 4.00. The quantitative estimate of drug-likeness (QED) is 0.843. The van der Waals surface area contributed by atoms with Crippen molar-refractivity contribution in [2.45, 2.75) is 32.6 Å². The highest BCUT2D eigenvalue weighted by atomic mass is 16.2. The number of pyridine rings is 1. The third kappa shape index (κ3) is 4.10. The van der Waals surface area contributed by atoms with E-state index in [0.29, 0.717) is 17.9 Å². The molecule has 136 valence electrons.